The summed E-state index contributed by atoms with van der Waals surface area (Å²) >= 11 is 0. The molecule has 1 saturated carbocycles. The van der Waals surface area contributed by atoms with E-state index in [0.29, 0.717) is 5.75 Å². The minimum atomic E-state index is -2.97. The Bertz CT molecular complexity index is 309. The van der Waals surface area contributed by atoms with Crippen LogP contribution < -0.4 is 5.73 Å². The molecule has 0 aromatic rings. The molecule has 2 N–H and O–H groups in total. The van der Waals surface area contributed by atoms with Crippen LogP contribution in [0.3, 0.4) is 0 Å². The van der Waals surface area contributed by atoms with Gasteiger partial charge in [-0.15, -0.1) is 0 Å². The monoisotopic (exact) mass is 233 g/mol. The lowest BCUT2D eigenvalue weighted by Gasteiger charge is -2.26. The van der Waals surface area contributed by atoms with E-state index in [1.54, 1.807) is 0 Å². The predicted molar refractivity (Wildman–Crippen MR) is 63.5 cm³/mol. The normalized spacial score (nSPS) is 30.7. The summed E-state index contributed by atoms with van der Waals surface area (Å²) in [7, 11) is -2.97. The molecule has 0 saturated heterocycles. The van der Waals surface area contributed by atoms with Gasteiger partial charge in [-0.2, -0.15) is 0 Å². The maximum atomic E-state index is 12.0. The molecule has 1 aliphatic carbocycles. The summed E-state index contributed by atoms with van der Waals surface area (Å²) < 4.78 is 24.0. The van der Waals surface area contributed by atoms with Crippen molar-refractivity contribution in [1.29, 1.82) is 0 Å². The van der Waals surface area contributed by atoms with Gasteiger partial charge in [0.15, 0.2) is 9.84 Å². The second kappa shape index (κ2) is 4.42. The molecule has 0 radical (unpaired) electrons. The molecule has 0 bridgehead atoms. The molecule has 15 heavy (non-hydrogen) atoms. The second-order valence-electron chi connectivity index (χ2n) is 5.31. The molecule has 3 nitrogen and oxygen atoms in total. The van der Waals surface area contributed by atoms with Gasteiger partial charge >= 0.3 is 0 Å². The molecular weight excluding hydrogens is 210 g/mol. The van der Waals surface area contributed by atoms with Crippen molar-refractivity contribution < 1.29 is 8.42 Å². The van der Waals surface area contributed by atoms with E-state index in [1.807, 2.05) is 6.92 Å². The van der Waals surface area contributed by atoms with Gasteiger partial charge in [0.25, 0.3) is 0 Å². The Hall–Kier alpha value is -0.0900. The Morgan fingerprint density at radius 3 is 2.40 bits per heavy atom. The maximum Gasteiger partial charge on any atom is 0.154 e. The summed E-state index contributed by atoms with van der Waals surface area (Å²) in [5.74, 6) is 0.304. The van der Waals surface area contributed by atoms with Gasteiger partial charge in [-0.05, 0) is 24.7 Å². The van der Waals surface area contributed by atoms with E-state index < -0.39 is 9.84 Å². The van der Waals surface area contributed by atoms with Gasteiger partial charge in [0.1, 0.15) is 0 Å². The van der Waals surface area contributed by atoms with Crippen LogP contribution in [0.5, 0.6) is 0 Å². The van der Waals surface area contributed by atoms with Gasteiger partial charge in [0.2, 0.25) is 0 Å². The molecule has 90 valence electrons. The van der Waals surface area contributed by atoms with Crippen molar-refractivity contribution >= 4 is 9.84 Å². The molecule has 0 aromatic heterocycles. The van der Waals surface area contributed by atoms with Crippen molar-refractivity contribution in [2.45, 2.75) is 57.7 Å². The summed E-state index contributed by atoms with van der Waals surface area (Å²) in [6.45, 7) is 6.13. The molecule has 0 heterocycles. The molecule has 2 atom stereocenters. The van der Waals surface area contributed by atoms with Crippen LogP contribution in [0.4, 0.5) is 0 Å². The van der Waals surface area contributed by atoms with Crippen molar-refractivity contribution in [3.05, 3.63) is 0 Å². The zero-order valence-corrected chi connectivity index (χ0v) is 10.8. The third-order valence-electron chi connectivity index (χ3n) is 3.62. The van der Waals surface area contributed by atoms with Gasteiger partial charge in [0.05, 0.1) is 11.0 Å². The Morgan fingerprint density at radius 1 is 1.40 bits per heavy atom. The van der Waals surface area contributed by atoms with Crippen molar-refractivity contribution in [2.24, 2.45) is 11.1 Å². The third kappa shape index (κ3) is 2.72. The van der Waals surface area contributed by atoms with E-state index in [4.69, 9.17) is 5.73 Å². The lowest BCUT2D eigenvalue weighted by molar-refractivity contribution is 0.332. The highest BCUT2D eigenvalue weighted by molar-refractivity contribution is 7.92. The highest BCUT2D eigenvalue weighted by atomic mass is 32.2. The fraction of sp³-hybridized carbons (Fsp3) is 1.00. The van der Waals surface area contributed by atoms with Crippen molar-refractivity contribution in [2.75, 3.05) is 5.75 Å². The summed E-state index contributed by atoms with van der Waals surface area (Å²) in [6.07, 6.45) is 3.33. The standard InChI is InChI=1S/C11H23NO2S/c1-4-5-8-15(13,14)9-6-7-11(2,3)10(9)12/h9-10H,4-8,12H2,1-3H3. The zero-order valence-electron chi connectivity index (χ0n) is 9.99. The van der Waals surface area contributed by atoms with E-state index >= 15 is 0 Å². The Morgan fingerprint density at radius 2 is 2.00 bits per heavy atom. The fourth-order valence-electron chi connectivity index (χ4n) is 2.26. The average molecular weight is 233 g/mol. The first-order chi connectivity index (χ1) is 6.81. The van der Waals surface area contributed by atoms with Gasteiger partial charge < -0.3 is 5.73 Å². The molecule has 0 aliphatic heterocycles. The van der Waals surface area contributed by atoms with Crippen LogP contribution in [-0.2, 0) is 9.84 Å². The molecule has 2 unspecified atom stereocenters. The summed E-state index contributed by atoms with van der Waals surface area (Å²) in [4.78, 5) is 0. The minimum Gasteiger partial charge on any atom is -0.326 e. The third-order valence-corrected chi connectivity index (χ3v) is 5.93. The van der Waals surface area contributed by atoms with E-state index in [-0.39, 0.29) is 16.7 Å². The topological polar surface area (TPSA) is 60.2 Å². The number of sulfone groups is 1. The number of nitrogens with two attached hydrogens (primary N) is 1. The van der Waals surface area contributed by atoms with E-state index in [1.165, 1.54) is 0 Å². The van der Waals surface area contributed by atoms with Crippen LogP contribution in [0.1, 0.15) is 46.5 Å². The quantitative estimate of drug-likeness (QED) is 0.804. The maximum absolute atomic E-state index is 12.0. The Labute approximate surface area is 93.3 Å². The SMILES string of the molecule is CCCCS(=O)(=O)C1CCC(C)(C)C1N. The van der Waals surface area contributed by atoms with E-state index in [2.05, 4.69) is 13.8 Å². The Kier molecular flexibility index (Phi) is 3.82. The lowest BCUT2D eigenvalue weighted by Crippen LogP contribution is -2.44. The van der Waals surface area contributed by atoms with Gasteiger partial charge in [0, 0.05) is 6.04 Å². The number of rotatable bonds is 4. The Balaban J connectivity index is 2.74. The largest absolute Gasteiger partial charge is 0.326 e. The summed E-state index contributed by atoms with van der Waals surface area (Å²) in [5, 5.41) is -0.306. The smallest absolute Gasteiger partial charge is 0.154 e. The van der Waals surface area contributed by atoms with Crippen LogP contribution in [-0.4, -0.2) is 25.5 Å². The highest BCUT2D eigenvalue weighted by Crippen LogP contribution is 2.39. The first kappa shape index (κ1) is 13.0. The van der Waals surface area contributed by atoms with E-state index in [0.717, 1.165) is 25.7 Å². The highest BCUT2D eigenvalue weighted by Gasteiger charge is 2.45. The van der Waals surface area contributed by atoms with Crippen LogP contribution in [0, 0.1) is 5.41 Å². The lowest BCUT2D eigenvalue weighted by atomic mass is 9.88. The molecule has 1 aliphatic rings. The molecule has 0 aromatic carbocycles. The second-order valence-corrected chi connectivity index (χ2v) is 7.65. The number of hydrogen-bond acceptors (Lipinski definition) is 3. The van der Waals surface area contributed by atoms with Crippen molar-refractivity contribution in [3.63, 3.8) is 0 Å². The minimum absolute atomic E-state index is 0.0239. The molecule has 1 fully saturated rings. The average Bonchev–Trinajstić information content (AvgIpc) is 2.40. The number of hydrogen-bond donors (Lipinski definition) is 1. The van der Waals surface area contributed by atoms with Crippen LogP contribution in [0.15, 0.2) is 0 Å². The van der Waals surface area contributed by atoms with Crippen LogP contribution >= 0.6 is 0 Å². The predicted octanol–water partition coefficient (Wildman–Crippen LogP) is 1.72. The van der Waals surface area contributed by atoms with Crippen molar-refractivity contribution in [3.8, 4) is 0 Å². The van der Waals surface area contributed by atoms with Gasteiger partial charge in [-0.1, -0.05) is 27.2 Å². The van der Waals surface area contributed by atoms with Gasteiger partial charge in [-0.25, -0.2) is 8.42 Å². The van der Waals surface area contributed by atoms with Crippen LogP contribution in [0.2, 0.25) is 0 Å². The zero-order chi connectivity index (χ0) is 11.7. The van der Waals surface area contributed by atoms with Crippen LogP contribution in [0.25, 0.3) is 0 Å². The molecule has 4 heteroatoms. The molecule has 1 rings (SSSR count). The first-order valence-corrected chi connectivity index (χ1v) is 7.50. The van der Waals surface area contributed by atoms with Crippen molar-refractivity contribution in [1.82, 2.24) is 0 Å². The van der Waals surface area contributed by atoms with E-state index in [9.17, 15) is 8.42 Å². The number of unbranched alkanes of at least 4 members (excludes halogenated alkanes) is 1. The summed E-state index contributed by atoms with van der Waals surface area (Å²) in [5.41, 5.74) is 6.01. The first-order valence-electron chi connectivity index (χ1n) is 5.78. The van der Waals surface area contributed by atoms with Gasteiger partial charge in [-0.3, -0.25) is 0 Å². The molecular formula is C11H23NO2S. The molecule has 0 amide bonds. The summed E-state index contributed by atoms with van der Waals surface area (Å²) in [6, 6.07) is -0.195. The fourth-order valence-corrected chi connectivity index (χ4v) is 4.55. The molecule has 0 spiro atoms.